The molecule has 0 aliphatic carbocycles. The average molecular weight is 291 g/mol. The highest BCUT2D eigenvalue weighted by atomic mass is 16.5. The number of aryl methyl sites for hydroxylation is 1. The first-order chi connectivity index (χ1) is 10.1. The van der Waals surface area contributed by atoms with Crippen LogP contribution < -0.4 is 15.8 Å². The summed E-state index contributed by atoms with van der Waals surface area (Å²) in [5.74, 6) is 0.685. The number of rotatable bonds is 6. The van der Waals surface area contributed by atoms with Gasteiger partial charge in [0.25, 0.3) is 0 Å². The van der Waals surface area contributed by atoms with Gasteiger partial charge in [-0.1, -0.05) is 0 Å². The Morgan fingerprint density at radius 1 is 1.43 bits per heavy atom. The van der Waals surface area contributed by atoms with E-state index in [0.717, 1.165) is 23.5 Å². The summed E-state index contributed by atoms with van der Waals surface area (Å²) < 4.78 is 5.83. The molecule has 1 fully saturated rings. The quantitative estimate of drug-likeness (QED) is 0.838. The van der Waals surface area contributed by atoms with Crippen LogP contribution in [0.2, 0.25) is 0 Å². The lowest BCUT2D eigenvalue weighted by Crippen LogP contribution is -2.32. The van der Waals surface area contributed by atoms with Crippen LogP contribution in [0, 0.1) is 6.92 Å². The zero-order chi connectivity index (χ0) is 15.2. The fourth-order valence-corrected chi connectivity index (χ4v) is 2.44. The maximum atomic E-state index is 11.6. The Balaban J connectivity index is 1.85. The summed E-state index contributed by atoms with van der Waals surface area (Å²) >= 11 is 0. The van der Waals surface area contributed by atoms with E-state index < -0.39 is 6.04 Å². The molecule has 1 saturated heterocycles. The molecule has 3 N–H and O–H groups in total. The zero-order valence-corrected chi connectivity index (χ0v) is 12.9. The molecule has 0 radical (unpaired) electrons. The Bertz CT molecular complexity index is 482. The number of likely N-dealkylation sites (tertiary alicyclic amines) is 1. The number of hydrogen-bond acceptors (Lipinski definition) is 4. The van der Waals surface area contributed by atoms with Crippen molar-refractivity contribution >= 4 is 11.6 Å². The minimum Gasteiger partial charge on any atom is -0.492 e. The van der Waals surface area contributed by atoms with E-state index in [-0.39, 0.29) is 5.91 Å². The van der Waals surface area contributed by atoms with Crippen molar-refractivity contribution in [1.29, 1.82) is 0 Å². The summed E-state index contributed by atoms with van der Waals surface area (Å²) in [7, 11) is 0. The lowest BCUT2D eigenvalue weighted by molar-refractivity contribution is -0.117. The fourth-order valence-electron chi connectivity index (χ4n) is 2.44. The van der Waals surface area contributed by atoms with E-state index in [9.17, 15) is 4.79 Å². The van der Waals surface area contributed by atoms with Crippen LogP contribution >= 0.6 is 0 Å². The summed E-state index contributed by atoms with van der Waals surface area (Å²) in [6.07, 6.45) is 2.60. The second-order valence-corrected chi connectivity index (χ2v) is 5.66. The van der Waals surface area contributed by atoms with E-state index in [1.165, 1.54) is 25.9 Å². The molecule has 2 rings (SSSR count). The topological polar surface area (TPSA) is 67.6 Å². The van der Waals surface area contributed by atoms with Crippen LogP contribution in [0.1, 0.15) is 25.3 Å². The highest BCUT2D eigenvalue weighted by Gasteiger charge is 2.12. The van der Waals surface area contributed by atoms with E-state index in [1.54, 1.807) is 6.92 Å². The van der Waals surface area contributed by atoms with Crippen molar-refractivity contribution < 1.29 is 9.53 Å². The number of nitrogens with one attached hydrogen (secondary N) is 1. The van der Waals surface area contributed by atoms with Gasteiger partial charge < -0.3 is 15.8 Å². The Labute approximate surface area is 126 Å². The lowest BCUT2D eigenvalue weighted by atomic mass is 10.2. The monoisotopic (exact) mass is 291 g/mol. The first-order valence-electron chi connectivity index (χ1n) is 7.58. The summed E-state index contributed by atoms with van der Waals surface area (Å²) in [6, 6.07) is 5.14. The maximum Gasteiger partial charge on any atom is 0.240 e. The van der Waals surface area contributed by atoms with Crippen molar-refractivity contribution in [2.45, 2.75) is 32.7 Å². The van der Waals surface area contributed by atoms with Crippen molar-refractivity contribution in [3.63, 3.8) is 0 Å². The molecule has 1 aliphatic heterocycles. The summed E-state index contributed by atoms with van der Waals surface area (Å²) in [5, 5.41) is 2.78. The van der Waals surface area contributed by atoms with E-state index >= 15 is 0 Å². The molecule has 1 atom stereocenters. The first kappa shape index (κ1) is 15.8. The molecule has 5 heteroatoms. The minimum absolute atomic E-state index is 0.183. The number of hydrogen-bond donors (Lipinski definition) is 2. The molecule has 1 heterocycles. The molecule has 21 heavy (non-hydrogen) atoms. The van der Waals surface area contributed by atoms with Crippen LogP contribution in [0.4, 0.5) is 5.69 Å². The third kappa shape index (κ3) is 4.72. The van der Waals surface area contributed by atoms with E-state index in [1.807, 2.05) is 25.1 Å². The highest BCUT2D eigenvalue weighted by Crippen LogP contribution is 2.22. The van der Waals surface area contributed by atoms with Gasteiger partial charge in [0, 0.05) is 12.2 Å². The first-order valence-corrected chi connectivity index (χ1v) is 7.58. The van der Waals surface area contributed by atoms with Gasteiger partial charge in [-0.15, -0.1) is 0 Å². The molecule has 0 aromatic heterocycles. The minimum atomic E-state index is -0.512. The van der Waals surface area contributed by atoms with Gasteiger partial charge in [0.2, 0.25) is 5.91 Å². The normalized spacial score (nSPS) is 16.7. The van der Waals surface area contributed by atoms with Crippen LogP contribution in [0.25, 0.3) is 0 Å². The zero-order valence-electron chi connectivity index (χ0n) is 12.9. The Kier molecular flexibility index (Phi) is 5.59. The van der Waals surface area contributed by atoms with Gasteiger partial charge in [0.1, 0.15) is 12.4 Å². The standard InChI is InChI=1S/C16H25N3O2/c1-12-11-14(18-16(20)13(2)17)5-6-15(12)21-10-9-19-7-3-4-8-19/h5-6,11,13H,3-4,7-10,17H2,1-2H3,(H,18,20). The predicted molar refractivity (Wildman–Crippen MR) is 84.6 cm³/mol. The van der Waals surface area contributed by atoms with Crippen molar-refractivity contribution in [2.24, 2.45) is 5.73 Å². The van der Waals surface area contributed by atoms with Gasteiger partial charge in [0.15, 0.2) is 0 Å². The van der Waals surface area contributed by atoms with Gasteiger partial charge >= 0.3 is 0 Å². The van der Waals surface area contributed by atoms with Crippen LogP contribution in [-0.2, 0) is 4.79 Å². The smallest absolute Gasteiger partial charge is 0.240 e. The number of ether oxygens (including phenoxy) is 1. The number of amides is 1. The number of nitrogens with two attached hydrogens (primary N) is 1. The van der Waals surface area contributed by atoms with Crippen molar-refractivity contribution in [3.05, 3.63) is 23.8 Å². The van der Waals surface area contributed by atoms with Crippen molar-refractivity contribution in [2.75, 3.05) is 31.6 Å². The van der Waals surface area contributed by atoms with Gasteiger partial charge in [-0.25, -0.2) is 0 Å². The molecule has 5 nitrogen and oxygen atoms in total. The number of anilines is 1. The average Bonchev–Trinajstić information content (AvgIpc) is 2.94. The fraction of sp³-hybridized carbons (Fsp3) is 0.562. The number of benzene rings is 1. The largest absolute Gasteiger partial charge is 0.492 e. The third-order valence-corrected chi connectivity index (χ3v) is 3.72. The van der Waals surface area contributed by atoms with Crippen LogP contribution in [0.3, 0.4) is 0 Å². The molecule has 0 spiro atoms. The molecule has 0 bridgehead atoms. The highest BCUT2D eigenvalue weighted by molar-refractivity contribution is 5.94. The van der Waals surface area contributed by atoms with E-state index in [2.05, 4.69) is 10.2 Å². The van der Waals surface area contributed by atoms with Gasteiger partial charge in [0.05, 0.1) is 6.04 Å². The van der Waals surface area contributed by atoms with Crippen molar-refractivity contribution in [3.8, 4) is 5.75 Å². The molecule has 1 aromatic carbocycles. The number of nitrogens with zero attached hydrogens (tertiary/aromatic N) is 1. The Hall–Kier alpha value is -1.59. The summed E-state index contributed by atoms with van der Waals surface area (Å²) in [6.45, 7) is 7.69. The third-order valence-electron chi connectivity index (χ3n) is 3.72. The van der Waals surface area contributed by atoms with Crippen LogP contribution in [0.5, 0.6) is 5.75 Å². The van der Waals surface area contributed by atoms with Crippen LogP contribution in [-0.4, -0.2) is 43.1 Å². The second-order valence-electron chi connectivity index (χ2n) is 5.66. The molecule has 116 valence electrons. The lowest BCUT2D eigenvalue weighted by Gasteiger charge is -2.16. The Morgan fingerprint density at radius 3 is 2.76 bits per heavy atom. The summed E-state index contributed by atoms with van der Waals surface area (Å²) in [4.78, 5) is 14.0. The van der Waals surface area contributed by atoms with E-state index in [4.69, 9.17) is 10.5 Å². The van der Waals surface area contributed by atoms with Crippen LogP contribution in [0.15, 0.2) is 18.2 Å². The second kappa shape index (κ2) is 7.43. The Morgan fingerprint density at radius 2 is 2.14 bits per heavy atom. The van der Waals surface area contributed by atoms with Crippen molar-refractivity contribution in [1.82, 2.24) is 4.90 Å². The maximum absolute atomic E-state index is 11.6. The number of carbonyl (C=O) groups excluding carboxylic acids is 1. The van der Waals surface area contributed by atoms with Gasteiger partial charge in [-0.3, -0.25) is 9.69 Å². The molecular weight excluding hydrogens is 266 g/mol. The molecule has 1 amide bonds. The molecule has 1 unspecified atom stereocenters. The SMILES string of the molecule is Cc1cc(NC(=O)C(C)N)ccc1OCCN1CCCC1. The molecule has 1 aliphatic rings. The van der Waals surface area contributed by atoms with E-state index in [0.29, 0.717) is 6.61 Å². The van der Waals surface area contributed by atoms with Gasteiger partial charge in [-0.2, -0.15) is 0 Å². The predicted octanol–water partition coefficient (Wildman–Crippen LogP) is 1.76. The molecule has 1 aromatic rings. The summed E-state index contributed by atoms with van der Waals surface area (Å²) in [5.41, 5.74) is 7.30. The molecular formula is C16H25N3O2. The molecule has 0 saturated carbocycles. The number of carbonyl (C=O) groups is 1. The van der Waals surface area contributed by atoms with Gasteiger partial charge in [-0.05, 0) is 63.5 Å².